The highest BCUT2D eigenvalue weighted by molar-refractivity contribution is 5.77. The Bertz CT molecular complexity index is 613. The molecule has 1 amide bonds. The normalized spacial score (nSPS) is 10.2. The van der Waals surface area contributed by atoms with Crippen molar-refractivity contribution in [3.63, 3.8) is 0 Å². The molecule has 0 fully saturated rings. The summed E-state index contributed by atoms with van der Waals surface area (Å²) in [7, 11) is 3.26. The fourth-order valence-corrected chi connectivity index (χ4v) is 1.94. The van der Waals surface area contributed by atoms with Crippen molar-refractivity contribution in [2.24, 2.45) is 5.73 Å². The van der Waals surface area contributed by atoms with E-state index in [1.807, 2.05) is 24.3 Å². The van der Waals surface area contributed by atoms with Gasteiger partial charge in [-0.2, -0.15) is 0 Å². The van der Waals surface area contributed by atoms with E-state index in [9.17, 15) is 4.79 Å². The zero-order valence-corrected chi connectivity index (χ0v) is 12.1. The summed E-state index contributed by atoms with van der Waals surface area (Å²) in [5.74, 6) is -0.0896. The lowest BCUT2D eigenvalue weighted by molar-refractivity contribution is -0.128. The molecule has 2 aromatic rings. The van der Waals surface area contributed by atoms with Crippen molar-refractivity contribution in [1.82, 2.24) is 14.9 Å². The number of rotatable bonds is 5. The van der Waals surface area contributed by atoms with Crippen LogP contribution >= 0.6 is 0 Å². The van der Waals surface area contributed by atoms with E-state index in [1.165, 1.54) is 7.11 Å². The summed E-state index contributed by atoms with van der Waals surface area (Å²) in [5, 5.41) is 0. The fraction of sp³-hybridized carbons (Fsp3) is 0.267. The van der Waals surface area contributed by atoms with Gasteiger partial charge in [0.05, 0.1) is 13.7 Å². The molecular weight excluding hydrogens is 268 g/mol. The Balaban J connectivity index is 2.18. The Labute approximate surface area is 123 Å². The van der Waals surface area contributed by atoms with Crippen LogP contribution in [-0.4, -0.2) is 41.5 Å². The Morgan fingerprint density at radius 1 is 1.29 bits per heavy atom. The van der Waals surface area contributed by atoms with Crippen molar-refractivity contribution in [2.45, 2.75) is 6.54 Å². The summed E-state index contributed by atoms with van der Waals surface area (Å²) in [6.07, 6.45) is 3.42. The Hall–Kier alpha value is -2.47. The minimum Gasteiger partial charge on any atom is -0.467 e. The molecule has 6 heteroatoms. The molecule has 110 valence electrons. The van der Waals surface area contributed by atoms with Crippen LogP contribution in [0.5, 0.6) is 6.01 Å². The van der Waals surface area contributed by atoms with Gasteiger partial charge in [0.1, 0.15) is 0 Å². The van der Waals surface area contributed by atoms with E-state index in [0.29, 0.717) is 12.6 Å². The summed E-state index contributed by atoms with van der Waals surface area (Å²) in [4.78, 5) is 21.3. The van der Waals surface area contributed by atoms with Gasteiger partial charge in [0, 0.05) is 31.5 Å². The number of hydrogen-bond donors (Lipinski definition) is 1. The van der Waals surface area contributed by atoms with E-state index in [2.05, 4.69) is 9.97 Å². The van der Waals surface area contributed by atoms with Gasteiger partial charge in [-0.3, -0.25) is 4.79 Å². The highest BCUT2D eigenvalue weighted by atomic mass is 16.5. The summed E-state index contributed by atoms with van der Waals surface area (Å²) in [5.41, 5.74) is 8.26. The van der Waals surface area contributed by atoms with Gasteiger partial charge in [0.25, 0.3) is 0 Å². The molecule has 0 atom stereocenters. The van der Waals surface area contributed by atoms with Crippen LogP contribution in [0.1, 0.15) is 5.56 Å². The maximum absolute atomic E-state index is 11.5. The summed E-state index contributed by atoms with van der Waals surface area (Å²) >= 11 is 0. The smallest absolute Gasteiger partial charge is 0.316 e. The molecule has 6 nitrogen and oxygen atoms in total. The maximum atomic E-state index is 11.5. The topological polar surface area (TPSA) is 81.3 Å². The number of methoxy groups -OCH3 is 1. The van der Waals surface area contributed by atoms with Crippen LogP contribution in [0.15, 0.2) is 36.7 Å². The lowest BCUT2D eigenvalue weighted by atomic mass is 10.1. The minimum absolute atomic E-state index is 0.0164. The number of nitrogens with two attached hydrogens (primary N) is 1. The Kier molecular flexibility index (Phi) is 4.84. The molecule has 1 aromatic heterocycles. The van der Waals surface area contributed by atoms with Crippen molar-refractivity contribution < 1.29 is 9.53 Å². The maximum Gasteiger partial charge on any atom is 0.316 e. The molecule has 0 radical (unpaired) electrons. The first-order chi connectivity index (χ1) is 10.1. The van der Waals surface area contributed by atoms with Crippen molar-refractivity contribution in [3.05, 3.63) is 42.2 Å². The largest absolute Gasteiger partial charge is 0.467 e. The van der Waals surface area contributed by atoms with Crippen LogP contribution < -0.4 is 10.5 Å². The second kappa shape index (κ2) is 6.81. The predicted molar refractivity (Wildman–Crippen MR) is 79.5 cm³/mol. The van der Waals surface area contributed by atoms with E-state index in [4.69, 9.17) is 10.5 Å². The summed E-state index contributed by atoms with van der Waals surface area (Å²) in [6, 6.07) is 8.22. The fourth-order valence-electron chi connectivity index (χ4n) is 1.94. The number of aromatic nitrogens is 2. The van der Waals surface area contributed by atoms with Crippen molar-refractivity contribution in [2.75, 3.05) is 20.7 Å². The van der Waals surface area contributed by atoms with Crippen LogP contribution in [0.2, 0.25) is 0 Å². The van der Waals surface area contributed by atoms with E-state index in [0.717, 1.165) is 16.7 Å². The van der Waals surface area contributed by atoms with Gasteiger partial charge in [-0.25, -0.2) is 9.97 Å². The van der Waals surface area contributed by atoms with Crippen molar-refractivity contribution >= 4 is 5.91 Å². The number of nitrogens with zero attached hydrogens (tertiary/aromatic N) is 3. The van der Waals surface area contributed by atoms with E-state index < -0.39 is 0 Å². The van der Waals surface area contributed by atoms with Crippen molar-refractivity contribution in [3.8, 4) is 17.1 Å². The van der Waals surface area contributed by atoms with Crippen LogP contribution in [-0.2, 0) is 11.3 Å². The molecule has 2 N–H and O–H groups in total. The third kappa shape index (κ3) is 3.76. The first-order valence-electron chi connectivity index (χ1n) is 6.53. The highest BCUT2D eigenvalue weighted by Gasteiger charge is 2.08. The predicted octanol–water partition coefficient (Wildman–Crippen LogP) is 1.07. The number of amides is 1. The van der Waals surface area contributed by atoms with Crippen LogP contribution in [0.4, 0.5) is 0 Å². The van der Waals surface area contributed by atoms with Gasteiger partial charge < -0.3 is 15.4 Å². The highest BCUT2D eigenvalue weighted by Crippen LogP contribution is 2.20. The van der Waals surface area contributed by atoms with Crippen molar-refractivity contribution in [1.29, 1.82) is 0 Å². The average Bonchev–Trinajstić information content (AvgIpc) is 2.54. The van der Waals surface area contributed by atoms with Gasteiger partial charge in [0.15, 0.2) is 0 Å². The Morgan fingerprint density at radius 3 is 2.62 bits per heavy atom. The minimum atomic E-state index is -0.0896. The molecule has 0 aliphatic rings. The second-order valence-electron chi connectivity index (χ2n) is 4.61. The van der Waals surface area contributed by atoms with Gasteiger partial charge in [0.2, 0.25) is 5.91 Å². The third-order valence-corrected chi connectivity index (χ3v) is 3.09. The van der Waals surface area contributed by atoms with Crippen LogP contribution in [0, 0.1) is 0 Å². The lowest BCUT2D eigenvalue weighted by Gasteiger charge is -2.16. The molecule has 0 unspecified atom stereocenters. The number of carbonyl (C=O) groups is 1. The zero-order chi connectivity index (χ0) is 15.2. The molecule has 0 bridgehead atoms. The molecule has 0 aliphatic heterocycles. The first kappa shape index (κ1) is 14.9. The van der Waals surface area contributed by atoms with Gasteiger partial charge >= 0.3 is 6.01 Å². The molecule has 21 heavy (non-hydrogen) atoms. The second-order valence-corrected chi connectivity index (χ2v) is 4.61. The van der Waals surface area contributed by atoms with Gasteiger partial charge in [-0.15, -0.1) is 0 Å². The quantitative estimate of drug-likeness (QED) is 0.889. The summed E-state index contributed by atoms with van der Waals surface area (Å²) in [6.45, 7) is 0.531. The molecule has 0 saturated carbocycles. The van der Waals surface area contributed by atoms with E-state index >= 15 is 0 Å². The lowest BCUT2D eigenvalue weighted by Crippen LogP contribution is -2.32. The number of ether oxygens (including phenoxy) is 1. The number of benzene rings is 1. The van der Waals surface area contributed by atoms with E-state index in [-0.39, 0.29) is 12.5 Å². The summed E-state index contributed by atoms with van der Waals surface area (Å²) < 4.78 is 4.94. The third-order valence-electron chi connectivity index (χ3n) is 3.09. The number of carbonyl (C=O) groups excluding carboxylic acids is 1. The zero-order valence-electron chi connectivity index (χ0n) is 12.1. The molecule has 1 aromatic carbocycles. The molecule has 2 rings (SSSR count). The first-order valence-corrected chi connectivity index (χ1v) is 6.53. The SMILES string of the molecule is COc1ncc(-c2cccc(CN(C)C(=O)CN)c2)cn1. The number of likely N-dealkylation sites (N-methyl/N-ethyl adjacent to an activating group) is 1. The van der Waals surface area contributed by atoms with Gasteiger partial charge in [-0.1, -0.05) is 18.2 Å². The molecule has 0 aliphatic carbocycles. The Morgan fingerprint density at radius 2 is 2.00 bits per heavy atom. The molecule has 0 spiro atoms. The van der Waals surface area contributed by atoms with E-state index in [1.54, 1.807) is 24.3 Å². The van der Waals surface area contributed by atoms with Gasteiger partial charge in [-0.05, 0) is 17.2 Å². The van der Waals surface area contributed by atoms with Crippen LogP contribution in [0.25, 0.3) is 11.1 Å². The van der Waals surface area contributed by atoms with Crippen LogP contribution in [0.3, 0.4) is 0 Å². The average molecular weight is 286 g/mol. The molecule has 1 heterocycles. The molecular formula is C15H18N4O2. The molecule has 0 saturated heterocycles. The number of hydrogen-bond acceptors (Lipinski definition) is 5. The monoisotopic (exact) mass is 286 g/mol. The standard InChI is InChI=1S/C15H18N4O2/c1-19(14(20)7-16)10-11-4-3-5-12(6-11)13-8-17-15(21-2)18-9-13/h3-6,8-9H,7,10,16H2,1-2H3.